The van der Waals surface area contributed by atoms with Gasteiger partial charge >= 0.3 is 0 Å². The van der Waals surface area contributed by atoms with Crippen LogP contribution in [0.15, 0.2) is 60.7 Å². The van der Waals surface area contributed by atoms with E-state index in [-0.39, 0.29) is 15.6 Å². The van der Waals surface area contributed by atoms with E-state index in [1.54, 1.807) is 0 Å². The number of ether oxygens (including phenoxy) is 1. The number of halogens is 2. The number of hydrogen-bond donors (Lipinski definition) is 0. The second kappa shape index (κ2) is 11.9. The van der Waals surface area contributed by atoms with Crippen molar-refractivity contribution in [3.63, 3.8) is 0 Å². The van der Waals surface area contributed by atoms with Crippen LogP contribution in [0.2, 0.25) is 0 Å². The van der Waals surface area contributed by atoms with Gasteiger partial charge in [-0.2, -0.15) is 0 Å². The first-order valence-electron chi connectivity index (χ1n) is 9.35. The minimum absolute atomic E-state index is 0.124. The van der Waals surface area contributed by atoms with E-state index in [0.29, 0.717) is 0 Å². The molecule has 2 atom stereocenters. The summed E-state index contributed by atoms with van der Waals surface area (Å²) in [6.45, 7) is 7.64. The molecule has 0 fully saturated rings. The van der Waals surface area contributed by atoms with Crippen molar-refractivity contribution < 1.29 is 9.16 Å². The first-order valence-corrected chi connectivity index (χ1v) is 13.5. The molecule has 5 heteroatoms. The summed E-state index contributed by atoms with van der Waals surface area (Å²) in [6.07, 6.45) is 2.20. The van der Waals surface area contributed by atoms with Gasteiger partial charge < -0.3 is 9.16 Å². The van der Waals surface area contributed by atoms with Gasteiger partial charge in [0.25, 0.3) is 9.04 Å². The molecule has 2 rings (SSSR count). The largest absolute Gasteiger partial charge is 0.395 e. The molecule has 1 radical (unpaired) electrons. The summed E-state index contributed by atoms with van der Waals surface area (Å²) in [7, 11) is -1.27. The number of alkyl halides is 2. The number of rotatable bonds is 10. The van der Waals surface area contributed by atoms with Gasteiger partial charge in [0.1, 0.15) is 4.11 Å². The van der Waals surface area contributed by atoms with E-state index >= 15 is 0 Å². The molecule has 147 valence electrons. The average Bonchev–Trinajstić information content (AvgIpc) is 2.64. The molecule has 0 aliphatic carbocycles. The average molecular weight is 607 g/mol. The molecule has 0 saturated heterocycles. The molecule has 0 aliphatic heterocycles. The molecule has 0 spiro atoms. The maximum Gasteiger partial charge on any atom is 0.283 e. The molecule has 0 amide bonds. The first-order chi connectivity index (χ1) is 12.9. The Labute approximate surface area is 193 Å². The third-order valence-electron chi connectivity index (χ3n) is 4.04. The Morgan fingerprint density at radius 1 is 0.926 bits per heavy atom. The fourth-order valence-electron chi connectivity index (χ4n) is 2.97. The van der Waals surface area contributed by atoms with Gasteiger partial charge in [0.2, 0.25) is 0 Å². The van der Waals surface area contributed by atoms with Crippen molar-refractivity contribution in [1.29, 1.82) is 0 Å². The third kappa shape index (κ3) is 8.93. The molecule has 0 aromatic heterocycles. The maximum atomic E-state index is 6.65. The van der Waals surface area contributed by atoms with Crippen molar-refractivity contribution in [2.24, 2.45) is 5.41 Å². The van der Waals surface area contributed by atoms with Gasteiger partial charge in [-0.1, -0.05) is 127 Å². The molecule has 2 aromatic rings. The quantitative estimate of drug-likeness (QED) is 0.210. The van der Waals surface area contributed by atoms with Crippen LogP contribution >= 0.6 is 45.2 Å². The summed E-state index contributed by atoms with van der Waals surface area (Å²) < 4.78 is 13.9. The zero-order chi connectivity index (χ0) is 19.7. The molecular formula is C22H29I2O2Si. The monoisotopic (exact) mass is 607 g/mol. The standard InChI is InChI=1S/C22H29I2O2Si/c1-22(2,3)17-18(25-15-14-23)16-21(24)26-27(19-10-6-4-7-11-19)20-12-8-5-9-13-20/h4-13,18,21H,14-17H2,1-3H3/t18?,21-/m1/s1. The van der Waals surface area contributed by atoms with Crippen molar-refractivity contribution in [2.45, 2.75) is 43.8 Å². The van der Waals surface area contributed by atoms with Crippen molar-refractivity contribution in [2.75, 3.05) is 11.0 Å². The van der Waals surface area contributed by atoms with Crippen LogP contribution in [-0.4, -0.2) is 30.3 Å². The highest BCUT2D eigenvalue weighted by Crippen LogP contribution is 2.27. The van der Waals surface area contributed by atoms with Crippen LogP contribution < -0.4 is 10.4 Å². The Morgan fingerprint density at radius 3 is 1.89 bits per heavy atom. The molecule has 0 heterocycles. The summed E-state index contributed by atoms with van der Waals surface area (Å²) >= 11 is 4.82. The van der Waals surface area contributed by atoms with E-state index in [0.717, 1.165) is 23.9 Å². The molecule has 0 N–H and O–H groups in total. The minimum atomic E-state index is -1.27. The van der Waals surface area contributed by atoms with Crippen molar-refractivity contribution in [3.8, 4) is 0 Å². The van der Waals surface area contributed by atoms with Crippen LogP contribution in [0, 0.1) is 5.41 Å². The lowest BCUT2D eigenvalue weighted by atomic mass is 9.88. The van der Waals surface area contributed by atoms with Gasteiger partial charge in [-0.25, -0.2) is 0 Å². The molecule has 0 saturated carbocycles. The van der Waals surface area contributed by atoms with E-state index < -0.39 is 9.04 Å². The zero-order valence-electron chi connectivity index (χ0n) is 16.3. The highest BCUT2D eigenvalue weighted by atomic mass is 127. The molecule has 0 bridgehead atoms. The molecule has 27 heavy (non-hydrogen) atoms. The summed E-state index contributed by atoms with van der Waals surface area (Å²) in [5.41, 5.74) is 0.249. The van der Waals surface area contributed by atoms with E-state index in [9.17, 15) is 0 Å². The predicted molar refractivity (Wildman–Crippen MR) is 134 cm³/mol. The first kappa shape index (κ1) is 23.3. The lowest BCUT2D eigenvalue weighted by molar-refractivity contribution is 0.0201. The Morgan fingerprint density at radius 2 is 1.44 bits per heavy atom. The predicted octanol–water partition coefficient (Wildman–Crippen LogP) is 5.22. The fraction of sp³-hybridized carbons (Fsp3) is 0.455. The van der Waals surface area contributed by atoms with Gasteiger partial charge in [0, 0.05) is 10.8 Å². The van der Waals surface area contributed by atoms with Gasteiger partial charge in [-0.3, -0.25) is 0 Å². The van der Waals surface area contributed by atoms with Crippen molar-refractivity contribution >= 4 is 64.6 Å². The molecular weight excluding hydrogens is 578 g/mol. The van der Waals surface area contributed by atoms with Crippen LogP contribution in [-0.2, 0) is 9.16 Å². The zero-order valence-corrected chi connectivity index (χ0v) is 21.6. The Kier molecular flexibility index (Phi) is 10.3. The lowest BCUT2D eigenvalue weighted by Gasteiger charge is -2.29. The highest BCUT2D eigenvalue weighted by molar-refractivity contribution is 14.1. The molecule has 2 aromatic carbocycles. The van der Waals surface area contributed by atoms with Gasteiger partial charge in [-0.05, 0) is 22.2 Å². The van der Waals surface area contributed by atoms with Crippen LogP contribution in [0.4, 0.5) is 0 Å². The molecule has 1 unspecified atom stereocenters. The topological polar surface area (TPSA) is 18.5 Å². The fourth-order valence-corrected chi connectivity index (χ4v) is 6.50. The molecule has 0 aliphatic rings. The van der Waals surface area contributed by atoms with Crippen LogP contribution in [0.5, 0.6) is 0 Å². The summed E-state index contributed by atoms with van der Waals surface area (Å²) in [6, 6.07) is 21.3. The Balaban J connectivity index is 2.11. The summed E-state index contributed by atoms with van der Waals surface area (Å²) in [4.78, 5) is 0. The Hall–Kier alpha value is 0.0369. The van der Waals surface area contributed by atoms with E-state index in [1.807, 2.05) is 0 Å². The Bertz CT molecular complexity index is 607. The van der Waals surface area contributed by atoms with Crippen LogP contribution in [0.25, 0.3) is 0 Å². The number of hydrogen-bond acceptors (Lipinski definition) is 2. The van der Waals surface area contributed by atoms with Gasteiger partial charge in [0.15, 0.2) is 0 Å². The van der Waals surface area contributed by atoms with Crippen LogP contribution in [0.1, 0.15) is 33.6 Å². The van der Waals surface area contributed by atoms with Crippen LogP contribution in [0.3, 0.4) is 0 Å². The smallest absolute Gasteiger partial charge is 0.283 e. The molecule has 2 nitrogen and oxygen atoms in total. The van der Waals surface area contributed by atoms with Crippen molar-refractivity contribution in [3.05, 3.63) is 60.7 Å². The minimum Gasteiger partial charge on any atom is -0.395 e. The van der Waals surface area contributed by atoms with Gasteiger partial charge in [0.05, 0.1) is 12.7 Å². The second-order valence-electron chi connectivity index (χ2n) is 7.77. The second-order valence-corrected chi connectivity index (χ2v) is 12.3. The highest BCUT2D eigenvalue weighted by Gasteiger charge is 2.26. The lowest BCUT2D eigenvalue weighted by Crippen LogP contribution is -2.46. The van der Waals surface area contributed by atoms with E-state index in [4.69, 9.17) is 9.16 Å². The van der Waals surface area contributed by atoms with Gasteiger partial charge in [-0.15, -0.1) is 0 Å². The third-order valence-corrected chi connectivity index (χ3v) is 7.96. The SMILES string of the molecule is CC(C)(C)CC(C[C@H](I)O[Si](c1ccccc1)c1ccccc1)OCCI. The number of benzene rings is 2. The van der Waals surface area contributed by atoms with E-state index in [2.05, 4.69) is 127 Å². The summed E-state index contributed by atoms with van der Waals surface area (Å²) in [5.74, 6) is 0. The normalized spacial score (nSPS) is 14.3. The maximum absolute atomic E-state index is 6.65. The van der Waals surface area contributed by atoms with Crippen molar-refractivity contribution in [1.82, 2.24) is 0 Å². The summed E-state index contributed by atoms with van der Waals surface area (Å²) in [5, 5.41) is 2.58. The van der Waals surface area contributed by atoms with E-state index in [1.165, 1.54) is 10.4 Å².